The standard InChI is InChI=1S/C12H18N/c1-5-13(4)12-9-7-6-8-11(12)10(2)3/h6-9H,5H2,1-4H3. The van der Waals surface area contributed by atoms with Gasteiger partial charge in [-0.25, -0.2) is 0 Å². The summed E-state index contributed by atoms with van der Waals surface area (Å²) in [7, 11) is 2.13. The fourth-order valence-corrected chi connectivity index (χ4v) is 1.40. The van der Waals surface area contributed by atoms with Gasteiger partial charge in [0.1, 0.15) is 0 Å². The second-order valence-corrected chi connectivity index (χ2v) is 3.53. The molecule has 13 heavy (non-hydrogen) atoms. The third-order valence-corrected chi connectivity index (χ3v) is 2.33. The van der Waals surface area contributed by atoms with E-state index in [1.165, 1.54) is 17.2 Å². The van der Waals surface area contributed by atoms with Gasteiger partial charge in [0.05, 0.1) is 0 Å². The highest BCUT2D eigenvalue weighted by molar-refractivity contribution is 5.57. The largest absolute Gasteiger partial charge is 0.375 e. The van der Waals surface area contributed by atoms with Crippen LogP contribution in [0.25, 0.3) is 0 Å². The molecule has 0 spiro atoms. The molecule has 71 valence electrons. The molecule has 0 saturated heterocycles. The Morgan fingerprint density at radius 3 is 2.38 bits per heavy atom. The minimum Gasteiger partial charge on any atom is -0.375 e. The summed E-state index contributed by atoms with van der Waals surface area (Å²) >= 11 is 0. The van der Waals surface area contributed by atoms with Crippen LogP contribution in [0.4, 0.5) is 5.69 Å². The van der Waals surface area contributed by atoms with E-state index in [9.17, 15) is 0 Å². The fraction of sp³-hybridized carbons (Fsp3) is 0.417. The molecule has 0 unspecified atom stereocenters. The molecular formula is C12H18N. The zero-order chi connectivity index (χ0) is 9.84. The molecule has 0 atom stereocenters. The van der Waals surface area contributed by atoms with Crippen LogP contribution >= 0.6 is 0 Å². The highest BCUT2D eigenvalue weighted by atomic mass is 15.1. The van der Waals surface area contributed by atoms with Gasteiger partial charge in [0.15, 0.2) is 0 Å². The normalized spacial score (nSPS) is 10.5. The Morgan fingerprint density at radius 1 is 1.23 bits per heavy atom. The Balaban J connectivity index is 3.04. The van der Waals surface area contributed by atoms with Crippen molar-refractivity contribution >= 4 is 5.69 Å². The van der Waals surface area contributed by atoms with Crippen molar-refractivity contribution in [1.82, 2.24) is 0 Å². The second kappa shape index (κ2) is 4.31. The van der Waals surface area contributed by atoms with Crippen LogP contribution in [0, 0.1) is 5.92 Å². The van der Waals surface area contributed by atoms with Crippen molar-refractivity contribution in [2.24, 2.45) is 0 Å². The summed E-state index contributed by atoms with van der Waals surface area (Å²) in [5.41, 5.74) is 2.68. The predicted octanol–water partition coefficient (Wildman–Crippen LogP) is 3.11. The van der Waals surface area contributed by atoms with Gasteiger partial charge >= 0.3 is 0 Å². The minimum absolute atomic E-state index is 1.05. The van der Waals surface area contributed by atoms with Gasteiger partial charge in [0, 0.05) is 25.2 Å². The first kappa shape index (κ1) is 10.1. The lowest BCUT2D eigenvalue weighted by molar-refractivity contribution is 0.953. The highest BCUT2D eigenvalue weighted by Crippen LogP contribution is 2.25. The van der Waals surface area contributed by atoms with Gasteiger partial charge in [-0.05, 0) is 18.6 Å². The summed E-state index contributed by atoms with van der Waals surface area (Å²) in [6, 6.07) is 8.53. The van der Waals surface area contributed by atoms with Crippen molar-refractivity contribution in [2.45, 2.75) is 20.8 Å². The molecule has 0 aromatic heterocycles. The zero-order valence-corrected chi connectivity index (χ0v) is 8.96. The molecule has 0 saturated carbocycles. The summed E-state index contributed by atoms with van der Waals surface area (Å²) in [6.07, 6.45) is 0. The Morgan fingerprint density at radius 2 is 1.85 bits per heavy atom. The van der Waals surface area contributed by atoms with E-state index in [1.54, 1.807) is 0 Å². The topological polar surface area (TPSA) is 3.24 Å². The Hall–Kier alpha value is -0.980. The van der Waals surface area contributed by atoms with E-state index in [-0.39, 0.29) is 0 Å². The lowest BCUT2D eigenvalue weighted by Crippen LogP contribution is -2.17. The predicted molar refractivity (Wildman–Crippen MR) is 59.1 cm³/mol. The molecule has 0 N–H and O–H groups in total. The SMILES string of the molecule is CCN(C)c1ccccc1[C](C)C. The lowest BCUT2D eigenvalue weighted by Gasteiger charge is -2.22. The van der Waals surface area contributed by atoms with Crippen LogP contribution in [0.2, 0.25) is 0 Å². The molecule has 0 bridgehead atoms. The maximum absolute atomic E-state index is 2.27. The Kier molecular flexibility index (Phi) is 3.35. The van der Waals surface area contributed by atoms with Crippen LogP contribution in [0.1, 0.15) is 26.3 Å². The minimum atomic E-state index is 1.05. The summed E-state index contributed by atoms with van der Waals surface area (Å²) in [6.45, 7) is 7.52. The van der Waals surface area contributed by atoms with Crippen molar-refractivity contribution in [2.75, 3.05) is 18.5 Å². The van der Waals surface area contributed by atoms with Gasteiger partial charge in [-0.3, -0.25) is 0 Å². The summed E-state index contributed by atoms with van der Waals surface area (Å²) in [5.74, 6) is 1.37. The van der Waals surface area contributed by atoms with Gasteiger partial charge in [-0.2, -0.15) is 0 Å². The van der Waals surface area contributed by atoms with Crippen molar-refractivity contribution in [3.8, 4) is 0 Å². The maximum Gasteiger partial charge on any atom is 0.0401 e. The van der Waals surface area contributed by atoms with E-state index in [2.05, 4.69) is 57.0 Å². The molecule has 1 rings (SSSR count). The average Bonchev–Trinajstić information content (AvgIpc) is 2.16. The number of rotatable bonds is 3. The first-order valence-corrected chi connectivity index (χ1v) is 4.77. The zero-order valence-electron chi connectivity index (χ0n) is 8.96. The molecule has 0 fully saturated rings. The van der Waals surface area contributed by atoms with Crippen molar-refractivity contribution in [1.29, 1.82) is 0 Å². The molecule has 0 heterocycles. The molecular weight excluding hydrogens is 158 g/mol. The van der Waals surface area contributed by atoms with Gasteiger partial charge in [0.2, 0.25) is 0 Å². The van der Waals surface area contributed by atoms with Crippen molar-refractivity contribution in [3.63, 3.8) is 0 Å². The Bertz CT molecular complexity index is 266. The third kappa shape index (κ3) is 2.24. The fourth-order valence-electron chi connectivity index (χ4n) is 1.40. The maximum atomic E-state index is 2.27. The quantitative estimate of drug-likeness (QED) is 0.684. The molecule has 1 nitrogen and oxygen atoms in total. The van der Waals surface area contributed by atoms with Crippen LogP contribution in [-0.4, -0.2) is 13.6 Å². The van der Waals surface area contributed by atoms with E-state index in [0.717, 1.165) is 6.54 Å². The number of hydrogen-bond donors (Lipinski definition) is 0. The first-order chi connectivity index (χ1) is 6.16. The van der Waals surface area contributed by atoms with Gasteiger partial charge in [-0.1, -0.05) is 32.0 Å². The number of anilines is 1. The van der Waals surface area contributed by atoms with Crippen LogP contribution in [0.3, 0.4) is 0 Å². The highest BCUT2D eigenvalue weighted by Gasteiger charge is 2.07. The van der Waals surface area contributed by atoms with Crippen LogP contribution in [0.15, 0.2) is 24.3 Å². The van der Waals surface area contributed by atoms with Gasteiger partial charge < -0.3 is 4.90 Å². The monoisotopic (exact) mass is 176 g/mol. The molecule has 0 aliphatic heterocycles. The van der Waals surface area contributed by atoms with E-state index in [4.69, 9.17) is 0 Å². The number of nitrogens with zero attached hydrogens (tertiary/aromatic N) is 1. The average molecular weight is 176 g/mol. The van der Waals surface area contributed by atoms with Crippen LogP contribution in [-0.2, 0) is 0 Å². The summed E-state index contributed by atoms with van der Waals surface area (Å²) in [5, 5.41) is 0. The molecule has 1 radical (unpaired) electrons. The van der Waals surface area contributed by atoms with Crippen LogP contribution < -0.4 is 4.90 Å². The third-order valence-electron chi connectivity index (χ3n) is 2.33. The number of hydrogen-bond acceptors (Lipinski definition) is 1. The van der Waals surface area contributed by atoms with E-state index in [1.807, 2.05) is 0 Å². The van der Waals surface area contributed by atoms with Gasteiger partial charge in [0.25, 0.3) is 0 Å². The van der Waals surface area contributed by atoms with E-state index in [0.29, 0.717) is 0 Å². The van der Waals surface area contributed by atoms with Gasteiger partial charge in [-0.15, -0.1) is 0 Å². The number of para-hydroxylation sites is 1. The molecule has 1 aromatic carbocycles. The Labute approximate surface area is 81.4 Å². The van der Waals surface area contributed by atoms with E-state index >= 15 is 0 Å². The van der Waals surface area contributed by atoms with Crippen LogP contribution in [0.5, 0.6) is 0 Å². The van der Waals surface area contributed by atoms with Crippen molar-refractivity contribution < 1.29 is 0 Å². The van der Waals surface area contributed by atoms with E-state index < -0.39 is 0 Å². The molecule has 1 aromatic rings. The molecule has 0 amide bonds. The number of benzene rings is 1. The summed E-state index contributed by atoms with van der Waals surface area (Å²) < 4.78 is 0. The summed E-state index contributed by atoms with van der Waals surface area (Å²) in [4.78, 5) is 2.27. The molecule has 0 aliphatic carbocycles. The smallest absolute Gasteiger partial charge is 0.0401 e. The second-order valence-electron chi connectivity index (χ2n) is 3.53. The molecule has 1 heteroatoms. The molecule has 0 aliphatic rings. The lowest BCUT2D eigenvalue weighted by atomic mass is 10.0. The van der Waals surface area contributed by atoms with Crippen molar-refractivity contribution in [3.05, 3.63) is 35.7 Å². The first-order valence-electron chi connectivity index (χ1n) is 4.77.